The number of amides is 2. The summed E-state index contributed by atoms with van der Waals surface area (Å²) >= 11 is 1.07. The van der Waals surface area contributed by atoms with Crippen LogP contribution >= 0.6 is 11.8 Å². The second kappa shape index (κ2) is 9.26. The van der Waals surface area contributed by atoms with Gasteiger partial charge in [0.25, 0.3) is 11.8 Å². The Morgan fingerprint density at radius 2 is 1.62 bits per heavy atom. The maximum atomic E-state index is 13.4. The van der Waals surface area contributed by atoms with Gasteiger partial charge < -0.3 is 10.1 Å². The molecule has 0 spiro atoms. The van der Waals surface area contributed by atoms with E-state index in [0.717, 1.165) is 34.4 Å². The second-order valence-corrected chi connectivity index (χ2v) is 8.55. The maximum Gasteiger partial charge on any atom is 0.416 e. The molecule has 1 heterocycles. The van der Waals surface area contributed by atoms with Gasteiger partial charge in [0.15, 0.2) is 0 Å². The number of imide groups is 1. The molecule has 1 aliphatic rings. The number of halogens is 3. The fraction of sp³-hybridized carbons (Fsp3) is 0.120. The van der Waals surface area contributed by atoms with Crippen LogP contribution in [-0.2, 0) is 15.8 Å². The smallest absolute Gasteiger partial charge is 0.416 e. The van der Waals surface area contributed by atoms with Gasteiger partial charge in [-0.25, -0.2) is 4.90 Å². The molecular weight excluding hydrogens is 465 g/mol. The predicted molar refractivity (Wildman–Crippen MR) is 125 cm³/mol. The third-order valence-electron chi connectivity index (χ3n) is 5.05. The van der Waals surface area contributed by atoms with Crippen molar-refractivity contribution >= 4 is 35.0 Å². The van der Waals surface area contributed by atoms with E-state index in [1.807, 2.05) is 19.1 Å². The largest absolute Gasteiger partial charge is 0.497 e. The van der Waals surface area contributed by atoms with Crippen LogP contribution in [0.2, 0.25) is 0 Å². The highest BCUT2D eigenvalue weighted by molar-refractivity contribution is 8.04. The molecule has 0 atom stereocenters. The number of aryl methyl sites for hydroxylation is 1. The number of carbonyl (C=O) groups excluding carboxylic acids is 2. The van der Waals surface area contributed by atoms with Crippen molar-refractivity contribution in [3.05, 3.63) is 94.5 Å². The van der Waals surface area contributed by atoms with Gasteiger partial charge in [0.2, 0.25) is 0 Å². The van der Waals surface area contributed by atoms with Crippen molar-refractivity contribution in [3.8, 4) is 5.75 Å². The maximum absolute atomic E-state index is 13.4. The lowest BCUT2D eigenvalue weighted by molar-refractivity contribution is -0.137. The van der Waals surface area contributed by atoms with Crippen LogP contribution in [0.25, 0.3) is 0 Å². The Hall–Kier alpha value is -3.72. The van der Waals surface area contributed by atoms with Gasteiger partial charge in [0, 0.05) is 16.6 Å². The number of hydrogen-bond donors (Lipinski definition) is 1. The first-order valence-electron chi connectivity index (χ1n) is 10.1. The summed E-state index contributed by atoms with van der Waals surface area (Å²) in [5.41, 5.74) is 0.374. The van der Waals surface area contributed by atoms with Crippen molar-refractivity contribution in [1.82, 2.24) is 0 Å². The molecule has 0 radical (unpaired) electrons. The lowest BCUT2D eigenvalue weighted by Crippen LogP contribution is -2.32. The normalized spacial score (nSPS) is 14.1. The van der Waals surface area contributed by atoms with E-state index in [-0.39, 0.29) is 16.3 Å². The molecule has 3 aromatic carbocycles. The van der Waals surface area contributed by atoms with Gasteiger partial charge >= 0.3 is 6.18 Å². The fourth-order valence-electron chi connectivity index (χ4n) is 3.34. The number of nitrogens with one attached hydrogen (secondary N) is 1. The lowest BCUT2D eigenvalue weighted by Gasteiger charge is -2.17. The van der Waals surface area contributed by atoms with E-state index in [1.165, 1.54) is 19.2 Å². The second-order valence-electron chi connectivity index (χ2n) is 7.47. The van der Waals surface area contributed by atoms with Gasteiger partial charge in [-0.1, -0.05) is 41.6 Å². The van der Waals surface area contributed by atoms with Crippen LogP contribution in [0.5, 0.6) is 5.75 Å². The molecule has 34 heavy (non-hydrogen) atoms. The van der Waals surface area contributed by atoms with E-state index >= 15 is 0 Å². The first-order valence-corrected chi connectivity index (χ1v) is 10.9. The summed E-state index contributed by atoms with van der Waals surface area (Å²) in [5.74, 6) is -0.924. The van der Waals surface area contributed by atoms with Crippen molar-refractivity contribution in [2.45, 2.75) is 18.0 Å². The third kappa shape index (κ3) is 4.79. The molecular formula is C25H19F3N2O3S. The van der Waals surface area contributed by atoms with Crippen LogP contribution in [0.15, 0.2) is 88.3 Å². The van der Waals surface area contributed by atoms with Crippen molar-refractivity contribution < 1.29 is 27.5 Å². The van der Waals surface area contributed by atoms with Gasteiger partial charge in [0.1, 0.15) is 16.4 Å². The highest BCUT2D eigenvalue weighted by Gasteiger charge is 2.41. The molecule has 0 fully saturated rings. The Balaban J connectivity index is 1.75. The quantitative estimate of drug-likeness (QED) is 0.434. The summed E-state index contributed by atoms with van der Waals surface area (Å²) in [7, 11) is 1.50. The van der Waals surface area contributed by atoms with Gasteiger partial charge in [-0.05, 0) is 49.4 Å². The number of rotatable bonds is 6. The molecule has 0 unspecified atom stereocenters. The molecule has 0 saturated carbocycles. The van der Waals surface area contributed by atoms with Gasteiger partial charge in [-0.2, -0.15) is 13.2 Å². The molecule has 0 saturated heterocycles. The lowest BCUT2D eigenvalue weighted by atomic mass is 10.2. The predicted octanol–water partition coefficient (Wildman–Crippen LogP) is 6.01. The minimum Gasteiger partial charge on any atom is -0.497 e. The van der Waals surface area contributed by atoms with Crippen LogP contribution in [0.1, 0.15) is 11.1 Å². The van der Waals surface area contributed by atoms with E-state index in [4.69, 9.17) is 4.74 Å². The van der Waals surface area contributed by atoms with E-state index in [0.29, 0.717) is 16.3 Å². The van der Waals surface area contributed by atoms with E-state index in [2.05, 4.69) is 5.32 Å². The van der Waals surface area contributed by atoms with Crippen molar-refractivity contribution in [2.75, 3.05) is 17.3 Å². The molecule has 5 nitrogen and oxygen atoms in total. The number of anilines is 2. The first-order chi connectivity index (χ1) is 16.2. The number of carbonyl (C=O) groups is 2. The zero-order valence-electron chi connectivity index (χ0n) is 18.1. The summed E-state index contributed by atoms with van der Waals surface area (Å²) in [6, 6.07) is 18.2. The topological polar surface area (TPSA) is 58.6 Å². The summed E-state index contributed by atoms with van der Waals surface area (Å²) in [4.78, 5) is 28.2. The van der Waals surface area contributed by atoms with Crippen LogP contribution in [0, 0.1) is 6.92 Å². The number of alkyl halides is 3. The molecule has 3 aromatic rings. The number of ether oxygens (including phenoxy) is 1. The standard InChI is InChI=1S/C25H19F3N2O3S/c1-15-9-11-20(12-10-15)34-22-21(29-17-6-4-8-19(14-17)33-2)23(31)30(24(22)32)18-7-3-5-16(13-18)25(26,27)28/h3-14,29H,1-2H3. The van der Waals surface area contributed by atoms with Crippen LogP contribution < -0.4 is 15.0 Å². The molecule has 1 aliphatic heterocycles. The monoisotopic (exact) mass is 484 g/mol. The number of hydrogen-bond acceptors (Lipinski definition) is 5. The van der Waals surface area contributed by atoms with Crippen LogP contribution in [-0.4, -0.2) is 18.9 Å². The molecule has 0 bridgehead atoms. The highest BCUT2D eigenvalue weighted by Crippen LogP contribution is 2.39. The first kappa shape index (κ1) is 23.4. The van der Waals surface area contributed by atoms with E-state index in [1.54, 1.807) is 36.4 Å². The van der Waals surface area contributed by atoms with Crippen LogP contribution in [0.3, 0.4) is 0 Å². The van der Waals surface area contributed by atoms with Crippen molar-refractivity contribution in [1.29, 1.82) is 0 Å². The minimum absolute atomic E-state index is 0.0266. The fourth-order valence-corrected chi connectivity index (χ4v) is 4.27. The van der Waals surface area contributed by atoms with E-state index < -0.39 is 23.6 Å². The SMILES string of the molecule is COc1cccc(NC2=C(Sc3ccc(C)cc3)C(=O)N(c3cccc(C(F)(F)F)c3)C2=O)c1. The molecule has 0 aromatic heterocycles. The zero-order chi connectivity index (χ0) is 24.5. The average molecular weight is 484 g/mol. The van der Waals surface area contributed by atoms with Crippen molar-refractivity contribution in [2.24, 2.45) is 0 Å². The minimum atomic E-state index is -4.61. The summed E-state index contributed by atoms with van der Waals surface area (Å²) < 4.78 is 45.0. The highest BCUT2D eigenvalue weighted by atomic mass is 32.2. The molecule has 174 valence electrons. The molecule has 9 heteroatoms. The van der Waals surface area contributed by atoms with Gasteiger partial charge in [-0.3, -0.25) is 9.59 Å². The Labute approximate surface area is 198 Å². The number of methoxy groups -OCH3 is 1. The Morgan fingerprint density at radius 3 is 2.29 bits per heavy atom. The summed E-state index contributed by atoms with van der Waals surface area (Å²) in [5, 5.41) is 2.97. The van der Waals surface area contributed by atoms with Gasteiger partial charge in [-0.15, -0.1) is 0 Å². The number of benzene rings is 3. The average Bonchev–Trinajstić information content (AvgIpc) is 3.04. The van der Waals surface area contributed by atoms with Crippen molar-refractivity contribution in [3.63, 3.8) is 0 Å². The number of nitrogens with zero attached hydrogens (tertiary/aromatic N) is 1. The zero-order valence-corrected chi connectivity index (χ0v) is 19.0. The molecule has 1 N–H and O–H groups in total. The molecule has 0 aliphatic carbocycles. The Kier molecular flexibility index (Phi) is 6.39. The van der Waals surface area contributed by atoms with Gasteiger partial charge in [0.05, 0.1) is 18.4 Å². The summed E-state index contributed by atoms with van der Waals surface area (Å²) in [6.07, 6.45) is -4.61. The van der Waals surface area contributed by atoms with Crippen LogP contribution in [0.4, 0.5) is 24.5 Å². The third-order valence-corrected chi connectivity index (χ3v) is 6.14. The van der Waals surface area contributed by atoms with E-state index in [9.17, 15) is 22.8 Å². The number of thioether (sulfide) groups is 1. The molecule has 4 rings (SSSR count). The summed E-state index contributed by atoms with van der Waals surface area (Å²) in [6.45, 7) is 1.92. The Morgan fingerprint density at radius 1 is 0.912 bits per heavy atom. The molecule has 2 amide bonds. The Bertz CT molecular complexity index is 1290.